The van der Waals surface area contributed by atoms with Gasteiger partial charge in [-0.15, -0.1) is 35.3 Å². The van der Waals surface area contributed by atoms with Gasteiger partial charge >= 0.3 is 0 Å². The van der Waals surface area contributed by atoms with Gasteiger partial charge in [0.1, 0.15) is 0 Å². The molecule has 5 nitrogen and oxygen atoms in total. The monoisotopic (exact) mass is 463 g/mol. The third kappa shape index (κ3) is 5.31. The van der Waals surface area contributed by atoms with Crippen LogP contribution in [0.25, 0.3) is 0 Å². The van der Waals surface area contributed by atoms with Crippen LogP contribution in [0.5, 0.6) is 0 Å². The zero-order valence-corrected chi connectivity index (χ0v) is 17.9. The Kier molecular flexibility index (Phi) is 8.25. The summed E-state index contributed by atoms with van der Waals surface area (Å²) in [5, 5.41) is 5.59. The number of likely N-dealkylation sites (N-methyl/N-ethyl adjacent to an activating group) is 1. The van der Waals surface area contributed by atoms with Crippen molar-refractivity contribution in [3.8, 4) is 0 Å². The molecule has 1 atom stereocenters. The highest BCUT2D eigenvalue weighted by atomic mass is 127. The van der Waals surface area contributed by atoms with Crippen LogP contribution in [0, 0.1) is 0 Å². The fourth-order valence-corrected chi connectivity index (χ4v) is 4.10. The van der Waals surface area contributed by atoms with Gasteiger partial charge < -0.3 is 10.2 Å². The van der Waals surface area contributed by atoms with Crippen molar-refractivity contribution in [2.24, 2.45) is 4.99 Å². The Hall–Kier alpha value is -0.380. The van der Waals surface area contributed by atoms with Gasteiger partial charge in [-0.3, -0.25) is 14.8 Å². The number of hydrogen-bond donors (Lipinski definition) is 1. The maximum atomic E-state index is 4.92. The Balaban J connectivity index is 0.00000208. The second-order valence-electron chi connectivity index (χ2n) is 6.44. The van der Waals surface area contributed by atoms with E-state index in [1.807, 2.05) is 11.3 Å². The number of piperazine rings is 3. The Labute approximate surface area is 167 Å². The molecule has 0 radical (unpaired) electrons. The minimum Gasteiger partial charge on any atom is -0.357 e. The highest BCUT2D eigenvalue weighted by Gasteiger charge is 2.31. The first kappa shape index (κ1) is 19.9. The van der Waals surface area contributed by atoms with Gasteiger partial charge in [0.15, 0.2) is 5.96 Å². The normalized spacial score (nSPS) is 26.1. The molecule has 3 fully saturated rings. The molecule has 0 amide bonds. The fraction of sp³-hybridized carbons (Fsp3) is 0.706. The molecule has 1 N–H and O–H groups in total. The molecular formula is C17H30IN5S. The molecule has 4 heterocycles. The number of rotatable bonds is 6. The molecule has 1 aromatic heterocycles. The van der Waals surface area contributed by atoms with Gasteiger partial charge in [-0.1, -0.05) is 6.07 Å². The van der Waals surface area contributed by atoms with Crippen molar-refractivity contribution in [2.75, 3.05) is 59.4 Å². The predicted molar refractivity (Wildman–Crippen MR) is 114 cm³/mol. The number of guanidine groups is 1. The molecule has 3 saturated heterocycles. The molecule has 0 aromatic carbocycles. The van der Waals surface area contributed by atoms with E-state index in [0.717, 1.165) is 32.0 Å². The lowest BCUT2D eigenvalue weighted by molar-refractivity contribution is 0.0173. The van der Waals surface area contributed by atoms with Gasteiger partial charge in [-0.25, -0.2) is 0 Å². The number of halogens is 1. The molecule has 2 bridgehead atoms. The van der Waals surface area contributed by atoms with E-state index in [1.165, 1.54) is 37.6 Å². The van der Waals surface area contributed by atoms with E-state index in [9.17, 15) is 0 Å². The number of aliphatic imine (C=N–C) groups is 1. The number of nitrogens with one attached hydrogen (secondary N) is 1. The van der Waals surface area contributed by atoms with Crippen LogP contribution in [-0.2, 0) is 6.42 Å². The molecule has 3 aliphatic rings. The molecule has 3 aliphatic heterocycles. The Morgan fingerprint density at radius 2 is 2.17 bits per heavy atom. The molecular weight excluding hydrogens is 433 g/mol. The van der Waals surface area contributed by atoms with Crippen molar-refractivity contribution < 1.29 is 0 Å². The zero-order valence-electron chi connectivity index (χ0n) is 14.8. The van der Waals surface area contributed by atoms with Crippen LogP contribution in [0.4, 0.5) is 0 Å². The van der Waals surface area contributed by atoms with Gasteiger partial charge in [-0.05, 0) is 24.8 Å². The van der Waals surface area contributed by atoms with E-state index >= 15 is 0 Å². The second kappa shape index (κ2) is 9.94. The molecule has 136 valence electrons. The molecule has 4 rings (SSSR count). The lowest BCUT2D eigenvalue weighted by Crippen LogP contribution is -2.62. The highest BCUT2D eigenvalue weighted by Crippen LogP contribution is 2.16. The van der Waals surface area contributed by atoms with Gasteiger partial charge in [0.05, 0.1) is 6.54 Å². The van der Waals surface area contributed by atoms with Crippen LogP contribution in [0.15, 0.2) is 22.5 Å². The van der Waals surface area contributed by atoms with Crippen LogP contribution >= 0.6 is 35.3 Å². The van der Waals surface area contributed by atoms with Crippen molar-refractivity contribution in [1.82, 2.24) is 20.0 Å². The smallest absolute Gasteiger partial charge is 0.193 e. The van der Waals surface area contributed by atoms with Crippen molar-refractivity contribution in [3.63, 3.8) is 0 Å². The SMILES string of the molecule is CCNC(=NCC1CN2CCN1CC2)N(C)CCc1cccs1.I. The molecule has 0 aliphatic carbocycles. The molecule has 0 spiro atoms. The van der Waals surface area contributed by atoms with E-state index in [0.29, 0.717) is 6.04 Å². The predicted octanol–water partition coefficient (Wildman–Crippen LogP) is 1.81. The summed E-state index contributed by atoms with van der Waals surface area (Å²) in [5.41, 5.74) is 0. The molecule has 24 heavy (non-hydrogen) atoms. The summed E-state index contributed by atoms with van der Waals surface area (Å²) in [4.78, 5) is 13.8. The van der Waals surface area contributed by atoms with Crippen LogP contribution in [-0.4, -0.2) is 86.1 Å². The van der Waals surface area contributed by atoms with E-state index in [1.54, 1.807) is 0 Å². The number of hydrogen-bond acceptors (Lipinski definition) is 4. The first-order chi connectivity index (χ1) is 11.3. The van der Waals surface area contributed by atoms with Crippen molar-refractivity contribution in [2.45, 2.75) is 19.4 Å². The van der Waals surface area contributed by atoms with Crippen molar-refractivity contribution in [3.05, 3.63) is 22.4 Å². The summed E-state index contributed by atoms with van der Waals surface area (Å²) in [7, 11) is 2.14. The summed E-state index contributed by atoms with van der Waals surface area (Å²) >= 11 is 1.84. The van der Waals surface area contributed by atoms with Crippen LogP contribution < -0.4 is 5.32 Å². The van der Waals surface area contributed by atoms with E-state index < -0.39 is 0 Å². The van der Waals surface area contributed by atoms with Gasteiger partial charge in [0, 0.05) is 63.8 Å². The third-order valence-corrected chi connectivity index (χ3v) is 5.75. The van der Waals surface area contributed by atoms with Gasteiger partial charge in [0.2, 0.25) is 0 Å². The lowest BCUT2D eigenvalue weighted by atomic mass is 10.1. The zero-order chi connectivity index (χ0) is 16.1. The van der Waals surface area contributed by atoms with E-state index in [-0.39, 0.29) is 24.0 Å². The molecule has 1 aromatic rings. The standard InChI is InChI=1S/C17H29N5S.HI/c1-3-18-17(20(2)7-6-16-5-4-12-23-16)19-13-15-14-21-8-10-22(15)11-9-21;/h4-5,12,15H,3,6-11,13-14H2,1-2H3,(H,18,19);1H. The Morgan fingerprint density at radius 3 is 2.75 bits per heavy atom. The third-order valence-electron chi connectivity index (χ3n) is 4.81. The highest BCUT2D eigenvalue weighted by molar-refractivity contribution is 14.0. The van der Waals surface area contributed by atoms with Crippen LogP contribution in [0.1, 0.15) is 11.8 Å². The van der Waals surface area contributed by atoms with Crippen LogP contribution in [0.2, 0.25) is 0 Å². The molecule has 1 unspecified atom stereocenters. The van der Waals surface area contributed by atoms with Gasteiger partial charge in [0.25, 0.3) is 0 Å². The topological polar surface area (TPSA) is 34.1 Å². The number of thiophene rings is 1. The van der Waals surface area contributed by atoms with E-state index in [2.05, 4.69) is 51.5 Å². The second-order valence-corrected chi connectivity index (χ2v) is 7.47. The molecule has 7 heteroatoms. The Morgan fingerprint density at radius 1 is 1.38 bits per heavy atom. The summed E-state index contributed by atoms with van der Waals surface area (Å²) in [6.07, 6.45) is 1.09. The molecule has 0 saturated carbocycles. The summed E-state index contributed by atoms with van der Waals surface area (Å²) in [6.45, 7) is 11.1. The summed E-state index contributed by atoms with van der Waals surface area (Å²) < 4.78 is 0. The summed E-state index contributed by atoms with van der Waals surface area (Å²) in [5.74, 6) is 1.04. The maximum absolute atomic E-state index is 4.92. The number of fused-ring (bicyclic) bond motifs is 3. The lowest BCUT2D eigenvalue weighted by Gasteiger charge is -2.47. The van der Waals surface area contributed by atoms with Crippen LogP contribution in [0.3, 0.4) is 0 Å². The van der Waals surface area contributed by atoms with Gasteiger partial charge in [-0.2, -0.15) is 0 Å². The fourth-order valence-electron chi connectivity index (χ4n) is 3.40. The van der Waals surface area contributed by atoms with Crippen molar-refractivity contribution >= 4 is 41.3 Å². The quantitative estimate of drug-likeness (QED) is 0.397. The van der Waals surface area contributed by atoms with Crippen molar-refractivity contribution in [1.29, 1.82) is 0 Å². The minimum atomic E-state index is 0. The van der Waals surface area contributed by atoms with E-state index in [4.69, 9.17) is 4.99 Å². The minimum absolute atomic E-state index is 0. The summed E-state index contributed by atoms with van der Waals surface area (Å²) in [6, 6.07) is 4.93. The largest absolute Gasteiger partial charge is 0.357 e. The first-order valence-electron chi connectivity index (χ1n) is 8.74. The first-order valence-corrected chi connectivity index (χ1v) is 9.62. The number of nitrogens with zero attached hydrogens (tertiary/aromatic N) is 4. The Bertz CT molecular complexity index is 499. The maximum Gasteiger partial charge on any atom is 0.193 e. The average Bonchev–Trinajstić information content (AvgIpc) is 3.11. The average molecular weight is 463 g/mol.